The minimum absolute atomic E-state index is 0.205. The fourth-order valence-electron chi connectivity index (χ4n) is 2.31. The van der Waals surface area contributed by atoms with E-state index in [1.165, 1.54) is 18.3 Å². The van der Waals surface area contributed by atoms with Gasteiger partial charge in [0.05, 0.1) is 16.8 Å². The molecule has 0 bridgehead atoms. The molecule has 0 atom stereocenters. The normalized spacial score (nSPS) is 10.7. The molecule has 0 aromatic heterocycles. The van der Waals surface area contributed by atoms with Gasteiger partial charge in [0.15, 0.2) is 0 Å². The second-order valence-corrected chi connectivity index (χ2v) is 7.55. The van der Waals surface area contributed by atoms with Crippen LogP contribution >= 0.6 is 39.1 Å². The van der Waals surface area contributed by atoms with Crippen molar-refractivity contribution in [3.8, 4) is 5.75 Å². The Morgan fingerprint density at radius 3 is 2.48 bits per heavy atom. The molecular weight excluding hydrogens is 479 g/mol. The van der Waals surface area contributed by atoms with Crippen LogP contribution in [0.4, 0.5) is 0 Å². The van der Waals surface area contributed by atoms with Crippen LogP contribution < -0.4 is 10.2 Å². The molecule has 3 aromatic carbocycles. The van der Waals surface area contributed by atoms with E-state index in [1.54, 1.807) is 54.6 Å². The van der Waals surface area contributed by atoms with Crippen LogP contribution in [0.1, 0.15) is 26.3 Å². The third kappa shape index (κ3) is 5.90. The minimum Gasteiger partial charge on any atom is -0.423 e. The average molecular weight is 492 g/mol. The second-order valence-electron chi connectivity index (χ2n) is 5.79. The molecule has 0 saturated heterocycles. The van der Waals surface area contributed by atoms with Gasteiger partial charge in [-0.25, -0.2) is 10.2 Å². The van der Waals surface area contributed by atoms with Gasteiger partial charge in [-0.05, 0) is 60.2 Å². The molecule has 5 nitrogen and oxygen atoms in total. The lowest BCUT2D eigenvalue weighted by atomic mass is 10.2. The van der Waals surface area contributed by atoms with Crippen LogP contribution in [0.25, 0.3) is 0 Å². The topological polar surface area (TPSA) is 67.8 Å². The van der Waals surface area contributed by atoms with E-state index in [2.05, 4.69) is 26.5 Å². The van der Waals surface area contributed by atoms with E-state index in [0.717, 1.165) is 4.47 Å². The molecule has 3 aromatic rings. The summed E-state index contributed by atoms with van der Waals surface area (Å²) in [5.41, 5.74) is 3.76. The number of hydrogen-bond donors (Lipinski definition) is 1. The number of nitrogens with one attached hydrogen (secondary N) is 1. The summed E-state index contributed by atoms with van der Waals surface area (Å²) in [7, 11) is 0. The molecule has 0 aliphatic carbocycles. The van der Waals surface area contributed by atoms with Gasteiger partial charge in [0, 0.05) is 15.1 Å². The SMILES string of the molecule is O=C(N/N=C\c1cccc(OC(=O)c2ccc(Cl)cc2Cl)c1)c1ccc(Br)cc1. The highest BCUT2D eigenvalue weighted by Crippen LogP contribution is 2.23. The Bertz CT molecular complexity index is 1090. The highest BCUT2D eigenvalue weighted by atomic mass is 79.9. The van der Waals surface area contributed by atoms with Crippen LogP contribution in [0.3, 0.4) is 0 Å². The molecule has 0 saturated carbocycles. The smallest absolute Gasteiger partial charge is 0.345 e. The van der Waals surface area contributed by atoms with Gasteiger partial charge in [-0.15, -0.1) is 0 Å². The van der Waals surface area contributed by atoms with E-state index in [0.29, 0.717) is 21.9 Å². The van der Waals surface area contributed by atoms with E-state index in [9.17, 15) is 9.59 Å². The second kappa shape index (κ2) is 9.69. The van der Waals surface area contributed by atoms with Gasteiger partial charge in [-0.1, -0.05) is 51.3 Å². The Labute approximate surface area is 185 Å². The fraction of sp³-hybridized carbons (Fsp3) is 0. The number of rotatable bonds is 5. The maximum atomic E-state index is 12.3. The lowest BCUT2D eigenvalue weighted by Crippen LogP contribution is -2.17. The number of nitrogens with zero attached hydrogens (tertiary/aromatic N) is 1. The molecule has 0 aliphatic heterocycles. The van der Waals surface area contributed by atoms with Crippen molar-refractivity contribution in [2.24, 2.45) is 5.10 Å². The fourth-order valence-corrected chi connectivity index (χ4v) is 3.06. The Morgan fingerprint density at radius 1 is 1.00 bits per heavy atom. The number of esters is 1. The van der Waals surface area contributed by atoms with Gasteiger partial charge < -0.3 is 4.74 Å². The summed E-state index contributed by atoms with van der Waals surface area (Å²) >= 11 is 15.2. The quantitative estimate of drug-likeness (QED) is 0.214. The van der Waals surface area contributed by atoms with E-state index in [4.69, 9.17) is 27.9 Å². The average Bonchev–Trinajstić information content (AvgIpc) is 2.68. The van der Waals surface area contributed by atoms with Crippen molar-refractivity contribution < 1.29 is 14.3 Å². The standard InChI is InChI=1S/C21H13BrCl2N2O3/c22-15-6-4-14(5-7-15)20(27)26-25-12-13-2-1-3-17(10-13)29-21(28)18-9-8-16(23)11-19(18)24/h1-12H,(H,26,27)/b25-12-. The lowest BCUT2D eigenvalue weighted by molar-refractivity contribution is 0.0734. The van der Waals surface area contributed by atoms with E-state index in [1.807, 2.05) is 0 Å². The summed E-state index contributed by atoms with van der Waals surface area (Å²) in [6.07, 6.45) is 1.45. The molecule has 1 N–H and O–H groups in total. The van der Waals surface area contributed by atoms with Crippen molar-refractivity contribution in [2.45, 2.75) is 0 Å². The Balaban J connectivity index is 1.64. The van der Waals surface area contributed by atoms with Crippen molar-refractivity contribution >= 4 is 57.2 Å². The zero-order valence-electron chi connectivity index (χ0n) is 14.7. The van der Waals surface area contributed by atoms with Gasteiger partial charge in [0.25, 0.3) is 5.91 Å². The summed E-state index contributed by atoms with van der Waals surface area (Å²) in [6.45, 7) is 0. The van der Waals surface area contributed by atoms with Gasteiger partial charge in [0.1, 0.15) is 5.75 Å². The van der Waals surface area contributed by atoms with Crippen LogP contribution in [0.2, 0.25) is 10.0 Å². The number of benzene rings is 3. The molecule has 0 aliphatic rings. The van der Waals surface area contributed by atoms with Crippen LogP contribution in [-0.4, -0.2) is 18.1 Å². The summed E-state index contributed by atoms with van der Waals surface area (Å²) in [5.74, 6) is -0.637. The molecule has 0 heterocycles. The molecule has 0 unspecified atom stereocenters. The molecule has 0 radical (unpaired) electrons. The summed E-state index contributed by atoms with van der Waals surface area (Å²) in [6, 6.07) is 18.1. The van der Waals surface area contributed by atoms with E-state index >= 15 is 0 Å². The van der Waals surface area contributed by atoms with Crippen LogP contribution in [0, 0.1) is 0 Å². The largest absolute Gasteiger partial charge is 0.423 e. The Kier molecular flexibility index (Phi) is 7.04. The number of carbonyl (C=O) groups is 2. The monoisotopic (exact) mass is 490 g/mol. The maximum Gasteiger partial charge on any atom is 0.345 e. The number of hydrazone groups is 1. The molecule has 146 valence electrons. The number of ether oxygens (including phenoxy) is 1. The first-order valence-corrected chi connectivity index (χ1v) is 9.83. The molecule has 3 rings (SSSR count). The van der Waals surface area contributed by atoms with Crippen molar-refractivity contribution in [2.75, 3.05) is 0 Å². The van der Waals surface area contributed by atoms with Gasteiger partial charge in [0.2, 0.25) is 0 Å². The van der Waals surface area contributed by atoms with Gasteiger partial charge >= 0.3 is 5.97 Å². The number of hydrogen-bond acceptors (Lipinski definition) is 4. The van der Waals surface area contributed by atoms with Crippen LogP contribution in [-0.2, 0) is 0 Å². The molecule has 8 heteroatoms. The minimum atomic E-state index is -0.607. The molecular formula is C21H13BrCl2N2O3. The van der Waals surface area contributed by atoms with Gasteiger partial charge in [-0.2, -0.15) is 5.10 Å². The van der Waals surface area contributed by atoms with Crippen molar-refractivity contribution in [1.82, 2.24) is 5.43 Å². The Morgan fingerprint density at radius 2 is 1.76 bits per heavy atom. The highest BCUT2D eigenvalue weighted by molar-refractivity contribution is 9.10. The first-order valence-electron chi connectivity index (χ1n) is 8.28. The predicted molar refractivity (Wildman–Crippen MR) is 117 cm³/mol. The van der Waals surface area contributed by atoms with Crippen molar-refractivity contribution in [3.05, 3.63) is 97.9 Å². The first kappa shape index (κ1) is 21.0. The molecule has 1 amide bonds. The van der Waals surface area contributed by atoms with Crippen molar-refractivity contribution in [3.63, 3.8) is 0 Å². The lowest BCUT2D eigenvalue weighted by Gasteiger charge is -2.07. The first-order chi connectivity index (χ1) is 13.9. The summed E-state index contributed by atoms with van der Waals surface area (Å²) in [4.78, 5) is 24.3. The predicted octanol–water partition coefficient (Wildman–Crippen LogP) is 5.74. The van der Waals surface area contributed by atoms with Crippen molar-refractivity contribution in [1.29, 1.82) is 0 Å². The Hall–Kier alpha value is -2.67. The zero-order chi connectivity index (χ0) is 20.8. The number of carbonyl (C=O) groups excluding carboxylic acids is 2. The highest BCUT2D eigenvalue weighted by Gasteiger charge is 2.13. The summed E-state index contributed by atoms with van der Waals surface area (Å²) < 4.78 is 6.23. The van der Waals surface area contributed by atoms with Gasteiger partial charge in [-0.3, -0.25) is 4.79 Å². The number of amides is 1. The summed E-state index contributed by atoms with van der Waals surface area (Å²) in [5, 5.41) is 4.56. The van der Waals surface area contributed by atoms with Crippen LogP contribution in [0.15, 0.2) is 76.3 Å². The third-order valence-corrected chi connectivity index (χ3v) is 4.78. The zero-order valence-corrected chi connectivity index (χ0v) is 17.8. The van der Waals surface area contributed by atoms with E-state index < -0.39 is 5.97 Å². The number of halogens is 3. The third-order valence-electron chi connectivity index (χ3n) is 3.71. The molecule has 29 heavy (non-hydrogen) atoms. The van der Waals surface area contributed by atoms with Crippen LogP contribution in [0.5, 0.6) is 5.75 Å². The molecule has 0 fully saturated rings. The molecule has 0 spiro atoms. The maximum absolute atomic E-state index is 12.3. The van der Waals surface area contributed by atoms with E-state index in [-0.39, 0.29) is 16.5 Å².